The predicted molar refractivity (Wildman–Crippen MR) is 126 cm³/mol. The molecule has 164 valence electrons. The van der Waals surface area contributed by atoms with Crippen LogP contribution in [0, 0.1) is 0 Å². The van der Waals surface area contributed by atoms with E-state index in [1.807, 2.05) is 79.7 Å². The van der Waals surface area contributed by atoms with Crippen molar-refractivity contribution in [2.45, 2.75) is 38.8 Å². The molecule has 1 atom stereocenters. The van der Waals surface area contributed by atoms with Crippen molar-refractivity contribution in [1.29, 1.82) is 0 Å². The number of hydrogen-bond acceptors (Lipinski definition) is 3. The number of hydrogen-bond donors (Lipinski definition) is 1. The van der Waals surface area contributed by atoms with Gasteiger partial charge in [0.25, 0.3) is 5.91 Å². The molecule has 0 aliphatic carbocycles. The zero-order valence-electron chi connectivity index (χ0n) is 18.7. The molecule has 0 radical (unpaired) electrons. The quantitative estimate of drug-likeness (QED) is 0.627. The lowest BCUT2D eigenvalue weighted by molar-refractivity contribution is -0.126. The first-order chi connectivity index (χ1) is 15.5. The molecule has 1 N–H and O–H groups in total. The highest BCUT2D eigenvalue weighted by Gasteiger charge is 2.47. The maximum absolute atomic E-state index is 13.6. The highest BCUT2D eigenvalue weighted by molar-refractivity contribution is 6.14. The Kier molecular flexibility index (Phi) is 5.99. The lowest BCUT2D eigenvalue weighted by Gasteiger charge is -2.44. The second-order valence-corrected chi connectivity index (χ2v) is 8.30. The van der Waals surface area contributed by atoms with E-state index < -0.39 is 5.54 Å². The lowest BCUT2D eigenvalue weighted by Crippen LogP contribution is -2.63. The summed E-state index contributed by atoms with van der Waals surface area (Å²) >= 11 is 0. The molecule has 0 spiro atoms. The van der Waals surface area contributed by atoms with Crippen molar-refractivity contribution in [3.05, 3.63) is 95.1 Å². The van der Waals surface area contributed by atoms with Gasteiger partial charge in [-0.05, 0) is 60.4 Å². The fourth-order valence-electron chi connectivity index (χ4n) is 4.29. The second-order valence-electron chi connectivity index (χ2n) is 8.30. The molecule has 5 heteroatoms. The van der Waals surface area contributed by atoms with E-state index in [0.29, 0.717) is 18.5 Å². The molecule has 3 aromatic rings. The minimum Gasteiger partial charge on any atom is -0.497 e. The summed E-state index contributed by atoms with van der Waals surface area (Å²) in [7, 11) is 1.62. The summed E-state index contributed by atoms with van der Waals surface area (Å²) in [5.41, 5.74) is 3.31. The zero-order chi connectivity index (χ0) is 22.7. The van der Waals surface area contributed by atoms with E-state index in [0.717, 1.165) is 34.5 Å². The largest absolute Gasteiger partial charge is 0.497 e. The van der Waals surface area contributed by atoms with Crippen molar-refractivity contribution in [2.75, 3.05) is 12.0 Å². The Morgan fingerprint density at radius 2 is 1.78 bits per heavy atom. The molecule has 2 amide bonds. The summed E-state index contributed by atoms with van der Waals surface area (Å²) < 4.78 is 5.20. The van der Waals surface area contributed by atoms with Gasteiger partial charge in [0.05, 0.1) is 7.11 Å². The standard InChI is InChI=1S/C27H28N2O3/c1-4-19-8-7-10-22(16-19)29-25(30)24-11-6-5-9-21(24)17-27(29,2)26(31)28-18-20-12-14-23(32-3)15-13-20/h5-16H,4,17-18H2,1-3H3,(H,28,31). The molecule has 1 unspecified atom stereocenters. The molecule has 0 bridgehead atoms. The third kappa shape index (κ3) is 3.98. The van der Waals surface area contributed by atoms with Gasteiger partial charge >= 0.3 is 0 Å². The number of carbonyl (C=O) groups is 2. The molecular formula is C27H28N2O3. The summed E-state index contributed by atoms with van der Waals surface area (Å²) in [6.07, 6.45) is 1.30. The van der Waals surface area contributed by atoms with Crippen LogP contribution >= 0.6 is 0 Å². The van der Waals surface area contributed by atoms with E-state index >= 15 is 0 Å². The number of rotatable bonds is 6. The summed E-state index contributed by atoms with van der Waals surface area (Å²) in [6.45, 7) is 4.30. The molecule has 0 saturated heterocycles. The molecule has 1 aliphatic rings. The van der Waals surface area contributed by atoms with Crippen LogP contribution in [0.2, 0.25) is 0 Å². The molecule has 32 heavy (non-hydrogen) atoms. The van der Waals surface area contributed by atoms with Crippen molar-refractivity contribution >= 4 is 17.5 Å². The molecule has 4 rings (SSSR count). The molecule has 0 fully saturated rings. The van der Waals surface area contributed by atoms with Crippen LogP contribution in [-0.4, -0.2) is 24.5 Å². The Morgan fingerprint density at radius 1 is 1.03 bits per heavy atom. The second kappa shape index (κ2) is 8.87. The van der Waals surface area contributed by atoms with Gasteiger partial charge in [-0.15, -0.1) is 0 Å². The van der Waals surface area contributed by atoms with Crippen LogP contribution in [0.3, 0.4) is 0 Å². The number of benzene rings is 3. The minimum absolute atomic E-state index is 0.151. The van der Waals surface area contributed by atoms with E-state index in [9.17, 15) is 9.59 Å². The van der Waals surface area contributed by atoms with Gasteiger partial charge in [-0.2, -0.15) is 0 Å². The molecule has 3 aromatic carbocycles. The smallest absolute Gasteiger partial charge is 0.259 e. The predicted octanol–water partition coefficient (Wildman–Crippen LogP) is 4.54. The van der Waals surface area contributed by atoms with Crippen molar-refractivity contribution in [3.8, 4) is 5.75 Å². The van der Waals surface area contributed by atoms with Gasteiger partial charge < -0.3 is 10.1 Å². The first kappa shape index (κ1) is 21.6. The van der Waals surface area contributed by atoms with Crippen LogP contribution in [0.15, 0.2) is 72.8 Å². The van der Waals surface area contributed by atoms with E-state index in [-0.39, 0.29) is 11.8 Å². The van der Waals surface area contributed by atoms with Crippen LogP contribution in [0.4, 0.5) is 5.69 Å². The van der Waals surface area contributed by atoms with E-state index in [4.69, 9.17) is 4.74 Å². The van der Waals surface area contributed by atoms with Crippen molar-refractivity contribution in [3.63, 3.8) is 0 Å². The van der Waals surface area contributed by atoms with Gasteiger partial charge in [0.2, 0.25) is 5.91 Å². The van der Waals surface area contributed by atoms with Gasteiger partial charge in [-0.1, -0.05) is 49.4 Å². The Balaban J connectivity index is 1.68. The fraction of sp³-hybridized carbons (Fsp3) is 0.259. The molecule has 0 saturated carbocycles. The van der Waals surface area contributed by atoms with Crippen LogP contribution in [0.5, 0.6) is 5.75 Å². The maximum Gasteiger partial charge on any atom is 0.259 e. The van der Waals surface area contributed by atoms with Crippen LogP contribution < -0.4 is 15.0 Å². The van der Waals surface area contributed by atoms with Crippen LogP contribution in [0.1, 0.15) is 40.9 Å². The monoisotopic (exact) mass is 428 g/mol. The topological polar surface area (TPSA) is 58.6 Å². The van der Waals surface area contributed by atoms with Crippen LogP contribution in [-0.2, 0) is 24.2 Å². The van der Waals surface area contributed by atoms with Crippen molar-refractivity contribution in [2.24, 2.45) is 0 Å². The Labute approximate surface area is 189 Å². The van der Waals surface area contributed by atoms with E-state index in [1.54, 1.807) is 12.0 Å². The van der Waals surface area contributed by atoms with Crippen molar-refractivity contribution < 1.29 is 14.3 Å². The van der Waals surface area contributed by atoms with E-state index in [2.05, 4.69) is 12.2 Å². The SMILES string of the molecule is CCc1cccc(N2C(=O)c3ccccc3CC2(C)C(=O)NCc2ccc(OC)cc2)c1. The van der Waals surface area contributed by atoms with Gasteiger partial charge in [0, 0.05) is 24.2 Å². The Bertz CT molecular complexity index is 1140. The average molecular weight is 429 g/mol. The third-order valence-corrected chi connectivity index (χ3v) is 6.16. The summed E-state index contributed by atoms with van der Waals surface area (Å²) in [6, 6.07) is 23.0. The fourth-order valence-corrected chi connectivity index (χ4v) is 4.29. The molecule has 1 aliphatic heterocycles. The Morgan fingerprint density at radius 3 is 2.50 bits per heavy atom. The number of nitrogens with zero attached hydrogens (tertiary/aromatic N) is 1. The molecular weight excluding hydrogens is 400 g/mol. The summed E-state index contributed by atoms with van der Waals surface area (Å²) in [5, 5.41) is 3.05. The number of aryl methyl sites for hydroxylation is 1. The number of fused-ring (bicyclic) bond motifs is 1. The first-order valence-corrected chi connectivity index (χ1v) is 10.9. The van der Waals surface area contributed by atoms with Crippen LogP contribution in [0.25, 0.3) is 0 Å². The number of amides is 2. The normalized spacial score (nSPS) is 17.6. The van der Waals surface area contributed by atoms with Crippen molar-refractivity contribution in [1.82, 2.24) is 5.32 Å². The van der Waals surface area contributed by atoms with Gasteiger partial charge in [0.15, 0.2) is 0 Å². The molecule has 5 nitrogen and oxygen atoms in total. The average Bonchev–Trinajstić information content (AvgIpc) is 2.83. The minimum atomic E-state index is -1.05. The van der Waals surface area contributed by atoms with Gasteiger partial charge in [0.1, 0.15) is 11.3 Å². The first-order valence-electron chi connectivity index (χ1n) is 10.9. The molecule has 1 heterocycles. The maximum atomic E-state index is 13.6. The van der Waals surface area contributed by atoms with Gasteiger partial charge in [-0.3, -0.25) is 14.5 Å². The Hall–Kier alpha value is -3.60. The number of methoxy groups -OCH3 is 1. The van der Waals surface area contributed by atoms with E-state index in [1.165, 1.54) is 0 Å². The summed E-state index contributed by atoms with van der Waals surface area (Å²) in [4.78, 5) is 28.9. The number of anilines is 1. The number of nitrogens with one attached hydrogen (secondary N) is 1. The number of carbonyl (C=O) groups excluding carboxylic acids is 2. The van der Waals surface area contributed by atoms with Gasteiger partial charge in [-0.25, -0.2) is 0 Å². The highest BCUT2D eigenvalue weighted by Crippen LogP contribution is 2.36. The molecule has 0 aromatic heterocycles. The number of ether oxygens (including phenoxy) is 1. The summed E-state index contributed by atoms with van der Waals surface area (Å²) in [5.74, 6) is 0.434. The third-order valence-electron chi connectivity index (χ3n) is 6.16. The highest BCUT2D eigenvalue weighted by atomic mass is 16.5. The zero-order valence-corrected chi connectivity index (χ0v) is 18.7. The lowest BCUT2D eigenvalue weighted by atomic mass is 9.82.